The van der Waals surface area contributed by atoms with Crippen molar-refractivity contribution in [3.8, 4) is 0 Å². The molecular formula is C17H27N3O. The van der Waals surface area contributed by atoms with Gasteiger partial charge in [-0.3, -0.25) is 4.79 Å². The molecule has 0 radical (unpaired) electrons. The van der Waals surface area contributed by atoms with Gasteiger partial charge in [0.25, 0.3) is 0 Å². The molecule has 0 aliphatic carbocycles. The van der Waals surface area contributed by atoms with Gasteiger partial charge in [0, 0.05) is 25.3 Å². The van der Waals surface area contributed by atoms with Crippen LogP contribution in [0, 0.1) is 11.3 Å². The predicted molar refractivity (Wildman–Crippen MR) is 87.1 cm³/mol. The maximum Gasteiger partial charge on any atom is 0.225 e. The summed E-state index contributed by atoms with van der Waals surface area (Å²) in [5.74, 6) is 0.447. The Morgan fingerprint density at radius 1 is 1.43 bits per heavy atom. The average molecular weight is 289 g/mol. The number of hydrogen-bond donors (Lipinski definition) is 2. The Bertz CT molecular complexity index is 501. The second-order valence-electron chi connectivity index (χ2n) is 6.75. The van der Waals surface area contributed by atoms with E-state index < -0.39 is 5.41 Å². The summed E-state index contributed by atoms with van der Waals surface area (Å²) in [5, 5.41) is 3.49. The highest BCUT2D eigenvalue weighted by atomic mass is 16.1. The van der Waals surface area contributed by atoms with E-state index in [4.69, 9.17) is 5.73 Å². The molecule has 1 fully saturated rings. The van der Waals surface area contributed by atoms with Crippen molar-refractivity contribution in [2.45, 2.75) is 33.7 Å². The molecule has 0 bridgehead atoms. The average Bonchev–Trinajstić information content (AvgIpc) is 2.83. The fourth-order valence-electron chi connectivity index (χ4n) is 2.83. The first-order valence-electron chi connectivity index (χ1n) is 7.76. The first-order valence-corrected chi connectivity index (χ1v) is 7.76. The number of benzene rings is 1. The van der Waals surface area contributed by atoms with Crippen LogP contribution >= 0.6 is 0 Å². The van der Waals surface area contributed by atoms with Gasteiger partial charge in [0.05, 0.1) is 5.41 Å². The van der Waals surface area contributed by atoms with Crippen molar-refractivity contribution < 1.29 is 4.79 Å². The van der Waals surface area contributed by atoms with E-state index >= 15 is 0 Å². The molecule has 0 saturated carbocycles. The molecule has 116 valence electrons. The Morgan fingerprint density at radius 2 is 2.14 bits per heavy atom. The van der Waals surface area contributed by atoms with Crippen LogP contribution in [0.1, 0.15) is 32.8 Å². The first kappa shape index (κ1) is 15.8. The highest BCUT2D eigenvalue weighted by Crippen LogP contribution is 2.34. The third-order valence-corrected chi connectivity index (χ3v) is 4.27. The third-order valence-electron chi connectivity index (χ3n) is 4.27. The fourth-order valence-corrected chi connectivity index (χ4v) is 2.83. The van der Waals surface area contributed by atoms with Gasteiger partial charge in [-0.15, -0.1) is 0 Å². The van der Waals surface area contributed by atoms with E-state index in [1.165, 1.54) is 11.3 Å². The lowest BCUT2D eigenvalue weighted by Gasteiger charge is -2.25. The second kappa shape index (κ2) is 6.48. The number of amides is 1. The quantitative estimate of drug-likeness (QED) is 0.843. The number of nitrogens with two attached hydrogens (primary N) is 1. The molecule has 0 aromatic heterocycles. The molecule has 4 nitrogen and oxygen atoms in total. The zero-order valence-corrected chi connectivity index (χ0v) is 13.4. The number of hydrogen-bond acceptors (Lipinski definition) is 3. The minimum absolute atomic E-state index is 0.194. The smallest absolute Gasteiger partial charge is 0.225 e. The predicted octanol–water partition coefficient (Wildman–Crippen LogP) is 2.13. The summed E-state index contributed by atoms with van der Waals surface area (Å²) in [5.41, 5.74) is 7.65. The van der Waals surface area contributed by atoms with Crippen molar-refractivity contribution in [1.29, 1.82) is 0 Å². The molecule has 1 aliphatic rings. The maximum atomic E-state index is 11.6. The fraction of sp³-hybridized carbons (Fsp3) is 0.588. The summed E-state index contributed by atoms with van der Waals surface area (Å²) in [6.45, 7) is 9.85. The molecule has 2 rings (SSSR count). The Balaban J connectivity index is 2.08. The molecule has 1 saturated heterocycles. The zero-order chi connectivity index (χ0) is 15.5. The number of carbonyl (C=O) groups is 1. The van der Waals surface area contributed by atoms with Gasteiger partial charge in [-0.25, -0.2) is 0 Å². The number of nitrogens with zero attached hydrogens (tertiary/aromatic N) is 1. The van der Waals surface area contributed by atoms with Crippen molar-refractivity contribution in [3.05, 3.63) is 29.8 Å². The van der Waals surface area contributed by atoms with E-state index in [2.05, 4.69) is 48.3 Å². The molecule has 3 N–H and O–H groups in total. The van der Waals surface area contributed by atoms with Gasteiger partial charge in [0.1, 0.15) is 0 Å². The number of carbonyl (C=O) groups excluding carboxylic acids is 1. The van der Waals surface area contributed by atoms with Crippen molar-refractivity contribution in [3.63, 3.8) is 0 Å². The zero-order valence-electron chi connectivity index (χ0n) is 13.4. The van der Waals surface area contributed by atoms with Gasteiger partial charge < -0.3 is 16.0 Å². The van der Waals surface area contributed by atoms with Crippen molar-refractivity contribution in [2.75, 3.05) is 24.5 Å². The molecule has 0 spiro atoms. The minimum atomic E-state index is -0.404. The number of para-hydroxylation sites is 1. The molecule has 21 heavy (non-hydrogen) atoms. The summed E-state index contributed by atoms with van der Waals surface area (Å²) in [4.78, 5) is 13.9. The van der Waals surface area contributed by atoms with Crippen LogP contribution in [0.5, 0.6) is 0 Å². The van der Waals surface area contributed by atoms with Crippen LogP contribution in [-0.4, -0.2) is 25.5 Å². The highest BCUT2D eigenvalue weighted by Gasteiger charge is 2.39. The lowest BCUT2D eigenvalue weighted by atomic mass is 9.89. The molecular weight excluding hydrogens is 262 g/mol. The van der Waals surface area contributed by atoms with Crippen LogP contribution in [0.2, 0.25) is 0 Å². The van der Waals surface area contributed by atoms with Gasteiger partial charge >= 0.3 is 0 Å². The van der Waals surface area contributed by atoms with Gasteiger partial charge in [-0.1, -0.05) is 32.0 Å². The van der Waals surface area contributed by atoms with Crippen molar-refractivity contribution in [2.24, 2.45) is 17.1 Å². The Morgan fingerprint density at radius 3 is 2.76 bits per heavy atom. The van der Waals surface area contributed by atoms with Gasteiger partial charge in [0.2, 0.25) is 5.91 Å². The van der Waals surface area contributed by atoms with Gasteiger partial charge in [-0.2, -0.15) is 0 Å². The number of rotatable bonds is 6. The summed E-state index contributed by atoms with van der Waals surface area (Å²) >= 11 is 0. The number of primary amides is 1. The standard InChI is InChI=1S/C17H27N3O/c1-13(2)10-19-11-14-6-4-5-7-15(14)20-9-8-17(3,12-20)16(18)21/h4-7,13,19H,8-12H2,1-3H3,(H2,18,21). The molecule has 1 aliphatic heterocycles. The van der Waals surface area contributed by atoms with Crippen LogP contribution in [0.3, 0.4) is 0 Å². The summed E-state index contributed by atoms with van der Waals surface area (Å²) in [6.07, 6.45) is 0.829. The number of anilines is 1. The molecule has 1 aromatic carbocycles. The van der Waals surface area contributed by atoms with Crippen LogP contribution in [-0.2, 0) is 11.3 Å². The molecule has 1 aromatic rings. The van der Waals surface area contributed by atoms with Crippen LogP contribution in [0.15, 0.2) is 24.3 Å². The molecule has 1 unspecified atom stereocenters. The third kappa shape index (κ3) is 3.76. The largest absolute Gasteiger partial charge is 0.370 e. The Kier molecular flexibility index (Phi) is 4.88. The monoisotopic (exact) mass is 289 g/mol. The normalized spacial score (nSPS) is 22.0. The van der Waals surface area contributed by atoms with Crippen LogP contribution < -0.4 is 16.0 Å². The topological polar surface area (TPSA) is 58.4 Å². The minimum Gasteiger partial charge on any atom is -0.370 e. The lowest BCUT2D eigenvalue weighted by Crippen LogP contribution is -2.37. The molecule has 1 heterocycles. The SMILES string of the molecule is CC(C)CNCc1ccccc1N1CCC(C)(C(N)=O)C1. The summed E-state index contributed by atoms with van der Waals surface area (Å²) < 4.78 is 0. The lowest BCUT2D eigenvalue weighted by molar-refractivity contribution is -0.125. The number of nitrogens with one attached hydrogen (secondary N) is 1. The van der Waals surface area contributed by atoms with Crippen LogP contribution in [0.4, 0.5) is 5.69 Å². The summed E-state index contributed by atoms with van der Waals surface area (Å²) in [6, 6.07) is 8.42. The Hall–Kier alpha value is -1.55. The highest BCUT2D eigenvalue weighted by molar-refractivity contribution is 5.82. The molecule has 4 heteroatoms. The second-order valence-corrected chi connectivity index (χ2v) is 6.75. The van der Waals surface area contributed by atoms with E-state index in [-0.39, 0.29) is 5.91 Å². The van der Waals surface area contributed by atoms with Crippen LogP contribution in [0.25, 0.3) is 0 Å². The Labute approximate surface area is 127 Å². The molecule has 1 atom stereocenters. The van der Waals surface area contributed by atoms with E-state index in [0.717, 1.165) is 26.1 Å². The van der Waals surface area contributed by atoms with E-state index in [0.29, 0.717) is 12.5 Å². The van der Waals surface area contributed by atoms with Crippen molar-refractivity contribution >= 4 is 11.6 Å². The van der Waals surface area contributed by atoms with E-state index in [1.807, 2.05) is 6.92 Å². The summed E-state index contributed by atoms with van der Waals surface area (Å²) in [7, 11) is 0. The van der Waals surface area contributed by atoms with E-state index in [1.54, 1.807) is 0 Å². The van der Waals surface area contributed by atoms with Crippen molar-refractivity contribution in [1.82, 2.24) is 5.32 Å². The molecule has 1 amide bonds. The first-order chi connectivity index (χ1) is 9.92. The van der Waals surface area contributed by atoms with E-state index in [9.17, 15) is 4.79 Å². The van der Waals surface area contributed by atoms with Gasteiger partial charge in [0.15, 0.2) is 0 Å². The van der Waals surface area contributed by atoms with Gasteiger partial charge in [-0.05, 0) is 37.4 Å². The maximum absolute atomic E-state index is 11.6.